The zero-order chi connectivity index (χ0) is 18.5. The Bertz CT molecular complexity index is 751. The maximum absolute atomic E-state index is 12.8. The van der Waals surface area contributed by atoms with Crippen LogP contribution in [-0.2, 0) is 17.6 Å². The second kappa shape index (κ2) is 6.68. The van der Waals surface area contributed by atoms with Gasteiger partial charge in [0.25, 0.3) is 0 Å². The second-order valence-electron chi connectivity index (χ2n) is 9.96. The maximum atomic E-state index is 12.8. The van der Waals surface area contributed by atoms with Gasteiger partial charge in [0.2, 0.25) is 5.91 Å². The fourth-order valence-corrected chi connectivity index (χ4v) is 6.99. The molecule has 3 aliphatic carbocycles. The number of rotatable bonds is 3. The smallest absolute Gasteiger partial charge is 0.228 e. The SMILES string of the molecule is CC(C)(C)CC1CCc2c(sc(NC(=O)C3CC4CCC3C4)c2C#N)C1. The molecule has 0 spiro atoms. The van der Waals surface area contributed by atoms with Crippen LogP contribution in [0.2, 0.25) is 0 Å². The highest BCUT2D eigenvalue weighted by Gasteiger charge is 2.43. The molecule has 26 heavy (non-hydrogen) atoms. The van der Waals surface area contributed by atoms with Crippen LogP contribution in [-0.4, -0.2) is 5.91 Å². The van der Waals surface area contributed by atoms with E-state index in [1.807, 2.05) is 0 Å². The van der Waals surface area contributed by atoms with Crippen molar-refractivity contribution in [2.75, 3.05) is 5.32 Å². The number of carbonyl (C=O) groups excluding carboxylic acids is 1. The molecule has 4 unspecified atom stereocenters. The van der Waals surface area contributed by atoms with Gasteiger partial charge >= 0.3 is 0 Å². The van der Waals surface area contributed by atoms with E-state index in [1.54, 1.807) is 11.3 Å². The van der Waals surface area contributed by atoms with Gasteiger partial charge in [-0.25, -0.2) is 0 Å². The first kappa shape index (κ1) is 18.0. The average Bonchev–Trinajstić information content (AvgIpc) is 3.25. The maximum Gasteiger partial charge on any atom is 0.228 e. The number of carbonyl (C=O) groups is 1. The summed E-state index contributed by atoms with van der Waals surface area (Å²) in [5.41, 5.74) is 2.30. The average molecular weight is 371 g/mol. The summed E-state index contributed by atoms with van der Waals surface area (Å²) >= 11 is 1.67. The predicted octanol–water partition coefficient (Wildman–Crippen LogP) is 5.54. The standard InChI is InChI=1S/C22H30N2OS/c1-22(2,3)11-14-5-7-16-18(12-23)21(26-19(16)10-14)24-20(25)17-9-13-4-6-15(17)8-13/h13-15,17H,4-11H2,1-3H3,(H,24,25). The summed E-state index contributed by atoms with van der Waals surface area (Å²) in [5.74, 6) is 2.38. The van der Waals surface area contributed by atoms with E-state index in [-0.39, 0.29) is 11.8 Å². The third-order valence-corrected chi connectivity index (χ3v) is 7.86. The molecule has 4 heteroatoms. The van der Waals surface area contributed by atoms with Crippen LogP contribution in [0.4, 0.5) is 5.00 Å². The molecule has 2 bridgehead atoms. The van der Waals surface area contributed by atoms with Crippen molar-refractivity contribution in [2.45, 2.75) is 72.1 Å². The van der Waals surface area contributed by atoms with Crippen LogP contribution in [0.5, 0.6) is 0 Å². The molecular weight excluding hydrogens is 340 g/mol. The molecule has 0 saturated heterocycles. The first-order chi connectivity index (χ1) is 12.3. The Hall–Kier alpha value is -1.34. The van der Waals surface area contributed by atoms with E-state index in [1.165, 1.54) is 36.1 Å². The van der Waals surface area contributed by atoms with Gasteiger partial charge in [-0.15, -0.1) is 11.3 Å². The van der Waals surface area contributed by atoms with Crippen molar-refractivity contribution < 1.29 is 4.79 Å². The van der Waals surface area contributed by atoms with Gasteiger partial charge in [0.1, 0.15) is 11.1 Å². The van der Waals surface area contributed by atoms with E-state index < -0.39 is 0 Å². The minimum absolute atomic E-state index is 0.165. The Morgan fingerprint density at radius 2 is 2.08 bits per heavy atom. The minimum atomic E-state index is 0.165. The Morgan fingerprint density at radius 1 is 1.27 bits per heavy atom. The Balaban J connectivity index is 1.50. The lowest BCUT2D eigenvalue weighted by Gasteiger charge is -2.28. The monoisotopic (exact) mass is 370 g/mol. The van der Waals surface area contributed by atoms with Crippen molar-refractivity contribution in [3.8, 4) is 6.07 Å². The second-order valence-corrected chi connectivity index (χ2v) is 11.1. The van der Waals surface area contributed by atoms with E-state index in [9.17, 15) is 10.1 Å². The summed E-state index contributed by atoms with van der Waals surface area (Å²) < 4.78 is 0. The first-order valence-electron chi connectivity index (χ1n) is 10.2. The first-order valence-corrected chi connectivity index (χ1v) is 11.0. The van der Waals surface area contributed by atoms with Crippen LogP contribution in [0.15, 0.2) is 0 Å². The van der Waals surface area contributed by atoms with Crippen molar-refractivity contribution in [3.05, 3.63) is 16.0 Å². The fourth-order valence-electron chi connectivity index (χ4n) is 5.67. The molecule has 3 nitrogen and oxygen atoms in total. The van der Waals surface area contributed by atoms with Crippen LogP contribution in [0.25, 0.3) is 0 Å². The highest BCUT2D eigenvalue weighted by atomic mass is 32.1. The van der Waals surface area contributed by atoms with Crippen molar-refractivity contribution >= 4 is 22.2 Å². The molecule has 1 aromatic heterocycles. The van der Waals surface area contributed by atoms with Crippen LogP contribution < -0.4 is 5.32 Å². The summed E-state index contributed by atoms with van der Waals surface area (Å²) in [6.45, 7) is 6.91. The van der Waals surface area contributed by atoms with Gasteiger partial charge in [0.15, 0.2) is 0 Å². The number of anilines is 1. The zero-order valence-corrected chi connectivity index (χ0v) is 17.0. The molecule has 0 aromatic carbocycles. The van der Waals surface area contributed by atoms with Crippen molar-refractivity contribution in [3.63, 3.8) is 0 Å². The lowest BCUT2D eigenvalue weighted by Crippen LogP contribution is -2.27. The zero-order valence-electron chi connectivity index (χ0n) is 16.2. The number of hydrogen-bond acceptors (Lipinski definition) is 3. The third-order valence-electron chi connectivity index (χ3n) is 6.69. The highest BCUT2D eigenvalue weighted by molar-refractivity contribution is 7.16. The molecule has 0 aliphatic heterocycles. The van der Waals surface area contributed by atoms with Crippen molar-refractivity contribution in [1.82, 2.24) is 0 Å². The minimum Gasteiger partial charge on any atom is -0.316 e. The molecule has 3 aliphatic rings. The fraction of sp³-hybridized carbons (Fsp3) is 0.727. The lowest BCUT2D eigenvalue weighted by molar-refractivity contribution is -0.121. The molecule has 2 saturated carbocycles. The van der Waals surface area contributed by atoms with Gasteiger partial charge in [-0.3, -0.25) is 4.79 Å². The van der Waals surface area contributed by atoms with E-state index in [4.69, 9.17) is 0 Å². The third kappa shape index (κ3) is 3.43. The molecule has 2 fully saturated rings. The van der Waals surface area contributed by atoms with E-state index in [0.29, 0.717) is 17.3 Å². The quantitative estimate of drug-likeness (QED) is 0.760. The number of amides is 1. The van der Waals surface area contributed by atoms with Gasteiger partial charge < -0.3 is 5.32 Å². The molecule has 1 N–H and O–H groups in total. The normalized spacial score (nSPS) is 30.1. The predicted molar refractivity (Wildman–Crippen MR) is 106 cm³/mol. The molecule has 1 amide bonds. The van der Waals surface area contributed by atoms with Crippen LogP contribution in [0, 0.1) is 40.4 Å². The molecule has 4 atom stereocenters. The van der Waals surface area contributed by atoms with Gasteiger partial charge in [-0.05, 0) is 73.7 Å². The summed E-state index contributed by atoms with van der Waals surface area (Å²) in [6, 6.07) is 2.39. The van der Waals surface area contributed by atoms with Crippen molar-refractivity contribution in [2.24, 2.45) is 29.1 Å². The molecular formula is C22H30N2OS. The molecule has 0 radical (unpaired) electrons. The molecule has 1 aromatic rings. The van der Waals surface area contributed by atoms with Crippen LogP contribution in [0.1, 0.15) is 75.3 Å². The Kier molecular flexibility index (Phi) is 4.63. The highest BCUT2D eigenvalue weighted by Crippen LogP contribution is 2.49. The van der Waals surface area contributed by atoms with Crippen molar-refractivity contribution in [1.29, 1.82) is 5.26 Å². The number of thiophene rings is 1. The number of nitrogens with one attached hydrogen (secondary N) is 1. The Labute approximate surface area is 161 Å². The van der Waals surface area contributed by atoms with Gasteiger partial charge in [0, 0.05) is 10.8 Å². The van der Waals surface area contributed by atoms with Crippen LogP contribution in [0.3, 0.4) is 0 Å². The van der Waals surface area contributed by atoms with E-state index in [0.717, 1.165) is 42.2 Å². The van der Waals surface area contributed by atoms with Crippen LogP contribution >= 0.6 is 11.3 Å². The summed E-state index contributed by atoms with van der Waals surface area (Å²) in [7, 11) is 0. The number of hydrogen-bond donors (Lipinski definition) is 1. The Morgan fingerprint density at radius 3 is 2.69 bits per heavy atom. The van der Waals surface area contributed by atoms with Gasteiger partial charge in [-0.2, -0.15) is 5.26 Å². The van der Waals surface area contributed by atoms with Gasteiger partial charge in [-0.1, -0.05) is 27.2 Å². The topological polar surface area (TPSA) is 52.9 Å². The molecule has 140 valence electrons. The van der Waals surface area contributed by atoms with E-state index >= 15 is 0 Å². The summed E-state index contributed by atoms with van der Waals surface area (Å²) in [6.07, 6.45) is 9.24. The largest absolute Gasteiger partial charge is 0.316 e. The number of fused-ring (bicyclic) bond motifs is 3. The molecule has 1 heterocycles. The number of nitrogens with zero attached hydrogens (tertiary/aromatic N) is 1. The van der Waals surface area contributed by atoms with E-state index in [2.05, 4.69) is 32.2 Å². The summed E-state index contributed by atoms with van der Waals surface area (Å²) in [4.78, 5) is 14.2. The number of nitriles is 1. The molecule has 4 rings (SSSR count). The summed E-state index contributed by atoms with van der Waals surface area (Å²) in [5, 5.41) is 13.7. The lowest BCUT2D eigenvalue weighted by atomic mass is 9.77. The van der Waals surface area contributed by atoms with Gasteiger partial charge in [0.05, 0.1) is 5.56 Å².